The van der Waals surface area contributed by atoms with E-state index >= 15 is 0 Å². The molecule has 1 heterocycles. The number of nitrogens with one attached hydrogen (secondary N) is 1. The molecule has 0 aromatic heterocycles. The zero-order chi connectivity index (χ0) is 13.7. The van der Waals surface area contributed by atoms with Crippen LogP contribution >= 0.6 is 15.9 Å². The standard InChI is InChI=1S/C14H19BrFNO2/c1-2-6-17-14(12-9-18-7-8-19-12)10-4-3-5-11(15)13(10)16/h3-5,12,14,17H,2,6-9H2,1H3. The Labute approximate surface area is 121 Å². The van der Waals surface area contributed by atoms with Gasteiger partial charge < -0.3 is 14.8 Å². The Morgan fingerprint density at radius 1 is 1.47 bits per heavy atom. The summed E-state index contributed by atoms with van der Waals surface area (Å²) in [6.07, 6.45) is 0.837. The van der Waals surface area contributed by atoms with Crippen molar-refractivity contribution in [3.63, 3.8) is 0 Å². The quantitative estimate of drug-likeness (QED) is 0.899. The molecule has 0 aliphatic carbocycles. The Morgan fingerprint density at radius 3 is 3.00 bits per heavy atom. The van der Waals surface area contributed by atoms with Crippen molar-refractivity contribution in [2.24, 2.45) is 0 Å². The average molecular weight is 332 g/mol. The number of ether oxygens (including phenoxy) is 2. The van der Waals surface area contributed by atoms with Gasteiger partial charge in [0, 0.05) is 5.56 Å². The summed E-state index contributed by atoms with van der Waals surface area (Å²) in [4.78, 5) is 0. The first-order valence-electron chi connectivity index (χ1n) is 6.60. The van der Waals surface area contributed by atoms with Crippen LogP contribution in [0.5, 0.6) is 0 Å². The van der Waals surface area contributed by atoms with Crippen molar-refractivity contribution in [2.75, 3.05) is 26.4 Å². The molecule has 0 spiro atoms. The molecule has 0 bridgehead atoms. The van der Waals surface area contributed by atoms with Crippen LogP contribution in [0.3, 0.4) is 0 Å². The van der Waals surface area contributed by atoms with Crippen molar-refractivity contribution in [3.8, 4) is 0 Å². The maximum absolute atomic E-state index is 14.3. The number of rotatable bonds is 5. The predicted molar refractivity (Wildman–Crippen MR) is 75.7 cm³/mol. The molecule has 2 atom stereocenters. The van der Waals surface area contributed by atoms with Crippen molar-refractivity contribution in [1.29, 1.82) is 0 Å². The highest BCUT2D eigenvalue weighted by molar-refractivity contribution is 9.10. The first kappa shape index (κ1) is 14.9. The van der Waals surface area contributed by atoms with Crippen LogP contribution in [-0.4, -0.2) is 32.5 Å². The molecule has 3 nitrogen and oxygen atoms in total. The zero-order valence-corrected chi connectivity index (χ0v) is 12.6. The Hall–Kier alpha value is -0.490. The van der Waals surface area contributed by atoms with Crippen LogP contribution in [0.15, 0.2) is 22.7 Å². The van der Waals surface area contributed by atoms with E-state index in [0.29, 0.717) is 29.9 Å². The highest BCUT2D eigenvalue weighted by Gasteiger charge is 2.28. The first-order valence-corrected chi connectivity index (χ1v) is 7.40. The Bertz CT molecular complexity index is 410. The molecule has 0 saturated carbocycles. The van der Waals surface area contributed by atoms with E-state index in [4.69, 9.17) is 9.47 Å². The highest BCUT2D eigenvalue weighted by Crippen LogP contribution is 2.28. The molecule has 1 aliphatic heterocycles. The molecule has 1 aliphatic rings. The Kier molecular flexibility index (Phi) is 5.76. The van der Waals surface area contributed by atoms with E-state index in [-0.39, 0.29) is 18.0 Å². The van der Waals surface area contributed by atoms with Gasteiger partial charge in [0.25, 0.3) is 0 Å². The van der Waals surface area contributed by atoms with Crippen LogP contribution in [0.1, 0.15) is 24.9 Å². The van der Waals surface area contributed by atoms with Gasteiger partial charge in [0.05, 0.1) is 30.3 Å². The van der Waals surface area contributed by atoms with Crippen LogP contribution in [0.4, 0.5) is 4.39 Å². The summed E-state index contributed by atoms with van der Waals surface area (Å²) < 4.78 is 25.9. The van der Waals surface area contributed by atoms with Crippen molar-refractivity contribution >= 4 is 15.9 Å². The second-order valence-corrected chi connectivity index (χ2v) is 5.41. The minimum absolute atomic E-state index is 0.149. The third kappa shape index (κ3) is 3.75. The molecule has 2 unspecified atom stereocenters. The van der Waals surface area contributed by atoms with Crippen LogP contribution in [0, 0.1) is 5.82 Å². The van der Waals surface area contributed by atoms with Crippen molar-refractivity contribution in [1.82, 2.24) is 5.32 Å². The summed E-state index contributed by atoms with van der Waals surface area (Å²) >= 11 is 3.23. The minimum atomic E-state index is -0.231. The molecule has 106 valence electrons. The largest absolute Gasteiger partial charge is 0.376 e. The summed E-state index contributed by atoms with van der Waals surface area (Å²) in [5.41, 5.74) is 0.623. The van der Waals surface area contributed by atoms with Crippen LogP contribution < -0.4 is 5.32 Å². The fraction of sp³-hybridized carbons (Fsp3) is 0.571. The SMILES string of the molecule is CCCNC(c1cccc(Br)c1F)C1COCCO1. The second-order valence-electron chi connectivity index (χ2n) is 4.56. The molecule has 1 fully saturated rings. The van der Waals surface area contributed by atoms with Gasteiger partial charge in [0.15, 0.2) is 0 Å². The molecule has 19 heavy (non-hydrogen) atoms. The first-order chi connectivity index (χ1) is 9.24. The van der Waals surface area contributed by atoms with E-state index in [0.717, 1.165) is 13.0 Å². The van der Waals surface area contributed by atoms with Gasteiger partial charge in [-0.1, -0.05) is 19.1 Å². The lowest BCUT2D eigenvalue weighted by atomic mass is 10.0. The lowest BCUT2D eigenvalue weighted by molar-refractivity contribution is -0.102. The van der Waals surface area contributed by atoms with E-state index in [2.05, 4.69) is 28.2 Å². The molecular formula is C14H19BrFNO2. The molecule has 1 saturated heterocycles. The van der Waals surface area contributed by atoms with Crippen molar-refractivity contribution in [2.45, 2.75) is 25.5 Å². The lowest BCUT2D eigenvalue weighted by Crippen LogP contribution is -2.41. The fourth-order valence-electron chi connectivity index (χ4n) is 2.20. The lowest BCUT2D eigenvalue weighted by Gasteiger charge is -2.31. The monoisotopic (exact) mass is 331 g/mol. The summed E-state index contributed by atoms with van der Waals surface area (Å²) in [7, 11) is 0. The Morgan fingerprint density at radius 2 is 2.32 bits per heavy atom. The van der Waals surface area contributed by atoms with Gasteiger partial charge in [0.2, 0.25) is 0 Å². The van der Waals surface area contributed by atoms with Gasteiger partial charge in [-0.25, -0.2) is 4.39 Å². The summed E-state index contributed by atoms with van der Waals surface area (Å²) in [6.45, 7) is 4.56. The fourth-order valence-corrected chi connectivity index (χ4v) is 2.58. The van der Waals surface area contributed by atoms with Gasteiger partial charge in [0.1, 0.15) is 11.9 Å². The van der Waals surface area contributed by atoms with E-state index in [9.17, 15) is 4.39 Å². The summed E-state index contributed by atoms with van der Waals surface area (Å²) in [5, 5.41) is 3.36. The van der Waals surface area contributed by atoms with Gasteiger partial charge in [-0.05, 0) is 35.0 Å². The van der Waals surface area contributed by atoms with Gasteiger partial charge >= 0.3 is 0 Å². The third-order valence-corrected chi connectivity index (χ3v) is 3.76. The molecule has 0 amide bonds. The molecule has 2 rings (SSSR count). The normalized spacial score (nSPS) is 21.3. The minimum Gasteiger partial charge on any atom is -0.376 e. The average Bonchev–Trinajstić information content (AvgIpc) is 2.45. The van der Waals surface area contributed by atoms with Crippen molar-refractivity contribution in [3.05, 3.63) is 34.1 Å². The van der Waals surface area contributed by atoms with Crippen LogP contribution in [-0.2, 0) is 9.47 Å². The van der Waals surface area contributed by atoms with E-state index in [1.54, 1.807) is 12.1 Å². The Balaban J connectivity index is 2.22. The molecule has 1 aromatic carbocycles. The molecule has 5 heteroatoms. The summed E-state index contributed by atoms with van der Waals surface area (Å²) in [6, 6.07) is 5.16. The maximum Gasteiger partial charge on any atom is 0.142 e. The maximum atomic E-state index is 14.3. The van der Waals surface area contributed by atoms with Crippen LogP contribution in [0.25, 0.3) is 0 Å². The number of hydrogen-bond acceptors (Lipinski definition) is 3. The second kappa shape index (κ2) is 7.33. The molecular weight excluding hydrogens is 313 g/mol. The van der Waals surface area contributed by atoms with Gasteiger partial charge in [-0.15, -0.1) is 0 Å². The predicted octanol–water partition coefficient (Wildman–Crippen LogP) is 3.04. The van der Waals surface area contributed by atoms with Gasteiger partial charge in [-0.3, -0.25) is 0 Å². The molecule has 1 N–H and O–H groups in total. The smallest absolute Gasteiger partial charge is 0.142 e. The molecule has 0 radical (unpaired) electrons. The highest BCUT2D eigenvalue weighted by atomic mass is 79.9. The van der Waals surface area contributed by atoms with E-state index < -0.39 is 0 Å². The van der Waals surface area contributed by atoms with E-state index in [1.807, 2.05) is 6.07 Å². The third-order valence-electron chi connectivity index (χ3n) is 3.14. The number of benzene rings is 1. The number of halogens is 2. The summed E-state index contributed by atoms with van der Waals surface area (Å²) in [5.74, 6) is -0.231. The van der Waals surface area contributed by atoms with E-state index in [1.165, 1.54) is 0 Å². The number of hydrogen-bond donors (Lipinski definition) is 1. The zero-order valence-electron chi connectivity index (χ0n) is 11.0. The topological polar surface area (TPSA) is 30.5 Å². The molecule has 1 aromatic rings. The van der Waals surface area contributed by atoms with Crippen LogP contribution in [0.2, 0.25) is 0 Å². The van der Waals surface area contributed by atoms with Gasteiger partial charge in [-0.2, -0.15) is 0 Å². The van der Waals surface area contributed by atoms with Crippen molar-refractivity contribution < 1.29 is 13.9 Å².